The number of hydrogen-bond donors (Lipinski definition) is 1. The topological polar surface area (TPSA) is 32.3 Å². The lowest BCUT2D eigenvalue weighted by Crippen LogP contribution is -2.44. The van der Waals surface area contributed by atoms with Gasteiger partial charge in [0.05, 0.1) is 5.56 Å². The zero-order valence-electron chi connectivity index (χ0n) is 22.2. The van der Waals surface area contributed by atoms with E-state index in [1.54, 1.807) is 0 Å². The van der Waals surface area contributed by atoms with E-state index in [0.717, 1.165) is 57.3 Å². The van der Waals surface area contributed by atoms with Gasteiger partial charge in [0.25, 0.3) is 0 Å². The van der Waals surface area contributed by atoms with Crippen molar-refractivity contribution in [3.63, 3.8) is 0 Å². The fourth-order valence-corrected chi connectivity index (χ4v) is 6.23. The number of nitrogens with zero attached hydrogens (tertiary/aromatic N) is 1. The number of allylic oxidation sites excluding steroid dienone is 1. The number of nitrogens with one attached hydrogen (secondary N) is 1. The Morgan fingerprint density at radius 2 is 1.92 bits per heavy atom. The van der Waals surface area contributed by atoms with Gasteiger partial charge >= 0.3 is 6.18 Å². The van der Waals surface area contributed by atoms with Crippen molar-refractivity contribution in [3.05, 3.63) is 77.1 Å². The average molecular weight is 531 g/mol. The van der Waals surface area contributed by atoms with Crippen LogP contribution in [0, 0.1) is 23.1 Å². The summed E-state index contributed by atoms with van der Waals surface area (Å²) in [6, 6.07) is 13.2. The summed E-state index contributed by atoms with van der Waals surface area (Å²) in [6.07, 6.45) is 5.24. The van der Waals surface area contributed by atoms with Crippen LogP contribution in [0.4, 0.5) is 17.6 Å². The minimum absolute atomic E-state index is 0.110. The van der Waals surface area contributed by atoms with E-state index in [2.05, 4.69) is 60.5 Å². The van der Waals surface area contributed by atoms with E-state index in [1.807, 2.05) is 6.07 Å². The van der Waals surface area contributed by atoms with Crippen LogP contribution in [0.2, 0.25) is 0 Å². The number of piperidine rings is 1. The highest BCUT2D eigenvalue weighted by atomic mass is 19.4. The van der Waals surface area contributed by atoms with Crippen molar-refractivity contribution in [3.8, 4) is 0 Å². The molecule has 2 aliphatic rings. The molecule has 1 amide bonds. The van der Waals surface area contributed by atoms with Crippen LogP contribution in [0.1, 0.15) is 69.1 Å². The highest BCUT2D eigenvalue weighted by Crippen LogP contribution is 2.46. The summed E-state index contributed by atoms with van der Waals surface area (Å²) >= 11 is 0. The Bertz CT molecular complexity index is 1120. The van der Waals surface area contributed by atoms with Gasteiger partial charge in [-0.1, -0.05) is 56.3 Å². The Hall–Kier alpha value is -2.67. The summed E-state index contributed by atoms with van der Waals surface area (Å²) in [5, 5.41) is 2.73. The second-order valence-electron chi connectivity index (χ2n) is 11.2. The fraction of sp³-hybridized carbons (Fsp3) is 0.516. The predicted molar refractivity (Wildman–Crippen MR) is 143 cm³/mol. The molecule has 2 aromatic rings. The van der Waals surface area contributed by atoms with Gasteiger partial charge in [-0.3, -0.25) is 4.79 Å². The number of rotatable bonds is 8. The Labute approximate surface area is 223 Å². The van der Waals surface area contributed by atoms with Gasteiger partial charge in [-0.25, -0.2) is 4.39 Å². The molecule has 3 unspecified atom stereocenters. The number of halogens is 4. The quantitative estimate of drug-likeness (QED) is 0.359. The molecule has 0 radical (unpaired) electrons. The van der Waals surface area contributed by atoms with Crippen LogP contribution < -0.4 is 5.32 Å². The van der Waals surface area contributed by atoms with Crippen molar-refractivity contribution in [2.45, 2.75) is 71.1 Å². The lowest BCUT2D eigenvalue weighted by Gasteiger charge is -2.40. The van der Waals surface area contributed by atoms with E-state index >= 15 is 0 Å². The summed E-state index contributed by atoms with van der Waals surface area (Å²) < 4.78 is 52.7. The molecule has 1 saturated heterocycles. The predicted octanol–water partition coefficient (Wildman–Crippen LogP) is 7.47. The van der Waals surface area contributed by atoms with Crippen molar-refractivity contribution in [1.29, 1.82) is 0 Å². The lowest BCUT2D eigenvalue weighted by molar-refractivity contribution is -0.137. The maximum absolute atomic E-state index is 13.7. The minimum atomic E-state index is -4.63. The molecule has 38 heavy (non-hydrogen) atoms. The van der Waals surface area contributed by atoms with Crippen LogP contribution in [0.3, 0.4) is 0 Å². The number of amides is 1. The third-order valence-electron chi connectivity index (χ3n) is 8.59. The molecule has 0 bridgehead atoms. The molecule has 4 rings (SSSR count). The standard InChI is InChI=1S/C31H38F4N2O/c1-3-30(19-29(38)36-20-24-15-26(31(33,34)35)17-27(32)16-24)13-11-28(18-30)37-14-12-25(22(2)21-37)10-9-23-7-5-4-6-8-23/h4-10,15-17,22,25,28H,3,11-14,18-21H2,1-2H3,(H,36,38)/b10-9-/t22?,25-,28?,30?/m1/s1. The molecule has 0 spiro atoms. The van der Waals surface area contributed by atoms with E-state index in [4.69, 9.17) is 0 Å². The van der Waals surface area contributed by atoms with E-state index in [1.165, 1.54) is 5.56 Å². The van der Waals surface area contributed by atoms with Crippen LogP contribution in [0.5, 0.6) is 0 Å². The first kappa shape index (κ1) is 28.3. The summed E-state index contributed by atoms with van der Waals surface area (Å²) in [6.45, 7) is 6.40. The van der Waals surface area contributed by atoms with Crippen LogP contribution >= 0.6 is 0 Å². The second-order valence-corrected chi connectivity index (χ2v) is 11.2. The van der Waals surface area contributed by atoms with E-state index in [0.29, 0.717) is 30.4 Å². The Morgan fingerprint density at radius 3 is 2.61 bits per heavy atom. The normalized spacial score (nSPS) is 26.6. The first-order chi connectivity index (χ1) is 18.1. The molecule has 2 fully saturated rings. The van der Waals surface area contributed by atoms with Gasteiger partial charge in [0, 0.05) is 25.6 Å². The number of likely N-dealkylation sites (tertiary alicyclic amines) is 1. The van der Waals surface area contributed by atoms with Gasteiger partial charge in [-0.15, -0.1) is 0 Å². The molecule has 1 aliphatic carbocycles. The van der Waals surface area contributed by atoms with E-state index in [9.17, 15) is 22.4 Å². The van der Waals surface area contributed by atoms with Crippen LogP contribution in [-0.2, 0) is 17.5 Å². The maximum atomic E-state index is 13.7. The zero-order chi connectivity index (χ0) is 27.3. The number of alkyl halides is 3. The summed E-state index contributed by atoms with van der Waals surface area (Å²) in [7, 11) is 0. The largest absolute Gasteiger partial charge is 0.416 e. The molecule has 206 valence electrons. The maximum Gasteiger partial charge on any atom is 0.416 e. The summed E-state index contributed by atoms with van der Waals surface area (Å²) in [5.74, 6) is -0.0449. The van der Waals surface area contributed by atoms with Crippen molar-refractivity contribution < 1.29 is 22.4 Å². The van der Waals surface area contributed by atoms with Crippen molar-refractivity contribution in [2.75, 3.05) is 13.1 Å². The first-order valence-corrected chi connectivity index (χ1v) is 13.7. The molecule has 7 heteroatoms. The van der Waals surface area contributed by atoms with Crippen molar-refractivity contribution in [2.24, 2.45) is 17.3 Å². The third-order valence-corrected chi connectivity index (χ3v) is 8.59. The fourth-order valence-electron chi connectivity index (χ4n) is 6.23. The third kappa shape index (κ3) is 7.25. The number of carbonyl (C=O) groups is 1. The van der Waals surface area contributed by atoms with Gasteiger partial charge < -0.3 is 10.2 Å². The molecule has 1 N–H and O–H groups in total. The SMILES string of the molecule is CCC1(CC(=O)NCc2cc(F)cc(C(F)(F)F)c2)CCC(N2CC[C@@H](/C=C\c3ccccc3)C(C)C2)C1. The van der Waals surface area contributed by atoms with Crippen LogP contribution in [0.15, 0.2) is 54.6 Å². The van der Waals surface area contributed by atoms with Crippen molar-refractivity contribution in [1.82, 2.24) is 10.2 Å². The number of hydrogen-bond acceptors (Lipinski definition) is 2. The Kier molecular flexibility index (Phi) is 8.96. The number of carbonyl (C=O) groups excluding carboxylic acids is 1. The minimum Gasteiger partial charge on any atom is -0.352 e. The number of benzene rings is 2. The molecule has 2 aromatic carbocycles. The molecule has 3 nitrogen and oxygen atoms in total. The highest BCUT2D eigenvalue weighted by molar-refractivity contribution is 5.76. The van der Waals surface area contributed by atoms with Crippen LogP contribution in [0.25, 0.3) is 6.08 Å². The van der Waals surface area contributed by atoms with Crippen LogP contribution in [-0.4, -0.2) is 29.9 Å². The molecule has 1 heterocycles. The highest BCUT2D eigenvalue weighted by Gasteiger charge is 2.42. The smallest absolute Gasteiger partial charge is 0.352 e. The first-order valence-electron chi connectivity index (χ1n) is 13.7. The Morgan fingerprint density at radius 1 is 1.16 bits per heavy atom. The molecular formula is C31H38F4N2O. The van der Waals surface area contributed by atoms with Gasteiger partial charge in [-0.05, 0) is 85.2 Å². The molecule has 1 aliphatic heterocycles. The average Bonchev–Trinajstić information content (AvgIpc) is 3.31. The molecule has 0 aromatic heterocycles. The molecule has 4 atom stereocenters. The zero-order valence-corrected chi connectivity index (χ0v) is 22.2. The van der Waals surface area contributed by atoms with Crippen molar-refractivity contribution >= 4 is 12.0 Å². The Balaban J connectivity index is 1.29. The second kappa shape index (κ2) is 12.0. The monoisotopic (exact) mass is 530 g/mol. The molecular weight excluding hydrogens is 492 g/mol. The van der Waals surface area contributed by atoms with Gasteiger partial charge in [-0.2, -0.15) is 13.2 Å². The summed E-state index contributed by atoms with van der Waals surface area (Å²) in [4.78, 5) is 15.4. The van der Waals surface area contributed by atoms with E-state index < -0.39 is 17.6 Å². The summed E-state index contributed by atoms with van der Waals surface area (Å²) in [5.41, 5.74) is 0.181. The van der Waals surface area contributed by atoms with Gasteiger partial charge in [0.15, 0.2) is 0 Å². The van der Waals surface area contributed by atoms with Gasteiger partial charge in [0.2, 0.25) is 5.91 Å². The molecule has 1 saturated carbocycles. The van der Waals surface area contributed by atoms with Gasteiger partial charge in [0.1, 0.15) is 5.82 Å². The van der Waals surface area contributed by atoms with E-state index in [-0.39, 0.29) is 23.4 Å². The lowest BCUT2D eigenvalue weighted by atomic mass is 9.79.